The van der Waals surface area contributed by atoms with Crippen molar-refractivity contribution in [1.82, 2.24) is 5.32 Å². The lowest BCUT2D eigenvalue weighted by molar-refractivity contribution is -0.146. The molecule has 0 radical (unpaired) electrons. The first kappa shape index (κ1) is 11.8. The molecule has 1 rings (SSSR count). The van der Waals surface area contributed by atoms with E-state index >= 15 is 0 Å². The smallest absolute Gasteiger partial charge is 0.407 e. The average Bonchev–Trinajstić information content (AvgIpc) is 2.29. The van der Waals surface area contributed by atoms with Crippen molar-refractivity contribution < 1.29 is 19.1 Å². The highest BCUT2D eigenvalue weighted by molar-refractivity contribution is 5.72. The van der Waals surface area contributed by atoms with E-state index in [9.17, 15) is 9.59 Å². The van der Waals surface area contributed by atoms with E-state index in [-0.39, 0.29) is 17.9 Å². The topological polar surface area (TPSA) is 64.6 Å². The maximum absolute atomic E-state index is 11.2. The molecule has 1 saturated carbocycles. The number of carbonyl (C=O) groups is 2. The Labute approximate surface area is 89.1 Å². The number of carbonyl (C=O) groups excluding carboxylic acids is 2. The molecule has 0 saturated heterocycles. The minimum Gasteiger partial charge on any atom is -0.469 e. The molecule has 0 spiro atoms. The summed E-state index contributed by atoms with van der Waals surface area (Å²) in [4.78, 5) is 22.1. The highest BCUT2D eigenvalue weighted by atomic mass is 16.5. The Morgan fingerprint density at radius 2 is 1.67 bits per heavy atom. The van der Waals surface area contributed by atoms with Crippen LogP contribution in [0.25, 0.3) is 0 Å². The molecule has 1 N–H and O–H groups in total. The van der Waals surface area contributed by atoms with Crippen molar-refractivity contribution in [2.75, 3.05) is 14.2 Å². The van der Waals surface area contributed by atoms with E-state index in [1.807, 2.05) is 0 Å². The minimum atomic E-state index is -0.406. The number of methoxy groups -OCH3 is 2. The fourth-order valence-electron chi connectivity index (χ4n) is 1.87. The molecular formula is C10H17NO4. The lowest BCUT2D eigenvalue weighted by Crippen LogP contribution is -2.38. The third-order valence-electron chi connectivity index (χ3n) is 2.77. The van der Waals surface area contributed by atoms with Crippen molar-refractivity contribution >= 4 is 12.1 Å². The van der Waals surface area contributed by atoms with E-state index in [4.69, 9.17) is 0 Å². The third kappa shape index (κ3) is 3.42. The molecule has 0 aromatic rings. The third-order valence-corrected chi connectivity index (χ3v) is 2.77. The number of ether oxygens (including phenoxy) is 2. The number of nitrogens with one attached hydrogen (secondary N) is 1. The van der Waals surface area contributed by atoms with Gasteiger partial charge in [-0.15, -0.1) is 0 Å². The van der Waals surface area contributed by atoms with Crippen LogP contribution in [-0.4, -0.2) is 32.3 Å². The second-order valence-electron chi connectivity index (χ2n) is 3.71. The minimum absolute atomic E-state index is 0.00861. The number of hydrogen-bond acceptors (Lipinski definition) is 4. The van der Waals surface area contributed by atoms with Crippen molar-refractivity contribution in [2.45, 2.75) is 31.7 Å². The SMILES string of the molecule is COC(=O)NC1CCC(C(=O)OC)CC1. The van der Waals surface area contributed by atoms with Gasteiger partial charge in [0.25, 0.3) is 0 Å². The molecule has 0 atom stereocenters. The van der Waals surface area contributed by atoms with E-state index in [0.29, 0.717) is 0 Å². The van der Waals surface area contributed by atoms with Gasteiger partial charge in [0.1, 0.15) is 0 Å². The van der Waals surface area contributed by atoms with Gasteiger partial charge in [0.05, 0.1) is 20.1 Å². The molecule has 0 aliphatic heterocycles. The molecule has 1 aliphatic carbocycles. The van der Waals surface area contributed by atoms with Gasteiger partial charge in [0.15, 0.2) is 0 Å². The van der Waals surface area contributed by atoms with Crippen molar-refractivity contribution in [3.05, 3.63) is 0 Å². The quantitative estimate of drug-likeness (QED) is 0.700. The molecule has 1 aliphatic rings. The summed E-state index contributed by atoms with van der Waals surface area (Å²) in [6, 6.07) is 0.123. The summed E-state index contributed by atoms with van der Waals surface area (Å²) in [6.07, 6.45) is 2.73. The molecule has 0 aromatic carbocycles. The van der Waals surface area contributed by atoms with Crippen molar-refractivity contribution in [1.29, 1.82) is 0 Å². The molecule has 5 heteroatoms. The highest BCUT2D eigenvalue weighted by Gasteiger charge is 2.27. The summed E-state index contributed by atoms with van der Waals surface area (Å²) in [5, 5.41) is 2.73. The number of rotatable bonds is 2. The number of alkyl carbamates (subject to hydrolysis) is 1. The second kappa shape index (κ2) is 5.58. The average molecular weight is 215 g/mol. The van der Waals surface area contributed by atoms with Crippen LogP contribution in [0, 0.1) is 5.92 Å². The monoisotopic (exact) mass is 215 g/mol. The second-order valence-corrected chi connectivity index (χ2v) is 3.71. The zero-order chi connectivity index (χ0) is 11.3. The first-order chi connectivity index (χ1) is 7.17. The van der Waals surface area contributed by atoms with Crippen LogP contribution in [0.3, 0.4) is 0 Å². The Hall–Kier alpha value is -1.26. The highest BCUT2D eigenvalue weighted by Crippen LogP contribution is 2.25. The predicted octanol–water partition coefficient (Wildman–Crippen LogP) is 1.07. The van der Waals surface area contributed by atoms with E-state index in [2.05, 4.69) is 14.8 Å². The van der Waals surface area contributed by atoms with Gasteiger partial charge >= 0.3 is 12.1 Å². The summed E-state index contributed by atoms with van der Waals surface area (Å²) in [7, 11) is 2.75. The molecule has 0 heterocycles. The van der Waals surface area contributed by atoms with Gasteiger partial charge in [-0.1, -0.05) is 0 Å². The van der Waals surface area contributed by atoms with Gasteiger partial charge in [-0.25, -0.2) is 4.79 Å². The zero-order valence-electron chi connectivity index (χ0n) is 9.12. The van der Waals surface area contributed by atoms with Gasteiger partial charge < -0.3 is 14.8 Å². The summed E-state index contributed by atoms with van der Waals surface area (Å²) in [5.74, 6) is -0.155. The number of amides is 1. The molecule has 0 aromatic heterocycles. The fourth-order valence-corrected chi connectivity index (χ4v) is 1.87. The fraction of sp³-hybridized carbons (Fsp3) is 0.800. The van der Waals surface area contributed by atoms with Gasteiger partial charge in [-0.3, -0.25) is 4.79 Å². The first-order valence-electron chi connectivity index (χ1n) is 5.09. The summed E-state index contributed by atoms with van der Waals surface area (Å²) in [6.45, 7) is 0. The van der Waals surface area contributed by atoms with Crippen LogP contribution in [0.1, 0.15) is 25.7 Å². The largest absolute Gasteiger partial charge is 0.469 e. The van der Waals surface area contributed by atoms with Gasteiger partial charge in [-0.2, -0.15) is 0 Å². The number of hydrogen-bond donors (Lipinski definition) is 1. The Kier molecular flexibility index (Phi) is 4.39. The Balaban J connectivity index is 2.29. The van der Waals surface area contributed by atoms with Gasteiger partial charge in [0, 0.05) is 6.04 Å². The maximum Gasteiger partial charge on any atom is 0.407 e. The van der Waals surface area contributed by atoms with Crippen LogP contribution < -0.4 is 5.32 Å². The van der Waals surface area contributed by atoms with Crippen LogP contribution in [0.2, 0.25) is 0 Å². The summed E-state index contributed by atoms with van der Waals surface area (Å²) in [5.41, 5.74) is 0. The van der Waals surface area contributed by atoms with Crippen molar-refractivity contribution in [2.24, 2.45) is 5.92 Å². The number of esters is 1. The van der Waals surface area contributed by atoms with Crippen LogP contribution in [0.15, 0.2) is 0 Å². The Morgan fingerprint density at radius 3 is 2.13 bits per heavy atom. The first-order valence-corrected chi connectivity index (χ1v) is 5.09. The molecule has 0 bridgehead atoms. The maximum atomic E-state index is 11.2. The lowest BCUT2D eigenvalue weighted by Gasteiger charge is -2.26. The molecule has 86 valence electrons. The van der Waals surface area contributed by atoms with E-state index in [1.165, 1.54) is 14.2 Å². The standard InChI is InChI=1S/C10H17NO4/c1-14-9(12)7-3-5-8(6-4-7)11-10(13)15-2/h7-8H,3-6H2,1-2H3,(H,11,13). The van der Waals surface area contributed by atoms with Crippen LogP contribution in [0.4, 0.5) is 4.79 Å². The summed E-state index contributed by atoms with van der Waals surface area (Å²) < 4.78 is 9.18. The van der Waals surface area contributed by atoms with Crippen molar-refractivity contribution in [3.63, 3.8) is 0 Å². The van der Waals surface area contributed by atoms with E-state index < -0.39 is 6.09 Å². The Morgan fingerprint density at radius 1 is 1.07 bits per heavy atom. The molecule has 1 amide bonds. The molecule has 5 nitrogen and oxygen atoms in total. The molecule has 15 heavy (non-hydrogen) atoms. The Bertz CT molecular complexity index is 234. The van der Waals surface area contributed by atoms with Crippen molar-refractivity contribution in [3.8, 4) is 0 Å². The van der Waals surface area contributed by atoms with Crippen LogP contribution in [-0.2, 0) is 14.3 Å². The van der Waals surface area contributed by atoms with E-state index in [1.54, 1.807) is 0 Å². The normalized spacial score (nSPS) is 25.5. The molecule has 0 unspecified atom stereocenters. The van der Waals surface area contributed by atoms with Crippen LogP contribution in [0.5, 0.6) is 0 Å². The predicted molar refractivity (Wildman–Crippen MR) is 53.3 cm³/mol. The van der Waals surface area contributed by atoms with Crippen LogP contribution >= 0.6 is 0 Å². The van der Waals surface area contributed by atoms with Gasteiger partial charge in [0.2, 0.25) is 0 Å². The molecule has 1 fully saturated rings. The summed E-state index contributed by atoms with van der Waals surface area (Å²) >= 11 is 0. The lowest BCUT2D eigenvalue weighted by atomic mass is 9.86. The molecular weight excluding hydrogens is 198 g/mol. The van der Waals surface area contributed by atoms with Gasteiger partial charge in [-0.05, 0) is 25.7 Å². The van der Waals surface area contributed by atoms with E-state index in [0.717, 1.165) is 25.7 Å². The zero-order valence-corrected chi connectivity index (χ0v) is 9.12.